The lowest BCUT2D eigenvalue weighted by atomic mass is 10.0. The first-order valence-corrected chi connectivity index (χ1v) is 5.47. The third kappa shape index (κ3) is 2.79. The van der Waals surface area contributed by atoms with Crippen molar-refractivity contribution in [2.24, 2.45) is 0 Å². The highest BCUT2D eigenvalue weighted by atomic mass is 14.9. The van der Waals surface area contributed by atoms with Crippen molar-refractivity contribution in [3.63, 3.8) is 0 Å². The Balaban J connectivity index is 2.72. The lowest BCUT2D eigenvalue weighted by Crippen LogP contribution is -2.02. The van der Waals surface area contributed by atoms with Gasteiger partial charge in [-0.15, -0.1) is 0 Å². The molecule has 0 aliphatic carbocycles. The molecule has 2 heteroatoms. The van der Waals surface area contributed by atoms with E-state index >= 15 is 0 Å². The molecule has 0 aliphatic rings. The normalized spacial score (nSPS) is 13.2. The average Bonchev–Trinajstić information content (AvgIpc) is 2.18. The Kier molecular flexibility index (Phi) is 4.05. The minimum Gasteiger partial charge on any atom is -0.241 e. The van der Waals surface area contributed by atoms with E-state index in [1.807, 2.05) is 12.4 Å². The number of hydrogen-bond donors (Lipinski definition) is 0. The molecule has 0 radical (unpaired) electrons. The molecule has 0 bridgehead atoms. The molecule has 1 atom stereocenters. The smallest absolute Gasteiger partial charge is 0.131 e. The lowest BCUT2D eigenvalue weighted by Gasteiger charge is -2.09. The minimum atomic E-state index is 0.487. The second-order valence-corrected chi connectivity index (χ2v) is 4.22. The molecule has 0 aliphatic heterocycles. The summed E-state index contributed by atoms with van der Waals surface area (Å²) in [6, 6.07) is 0. The fraction of sp³-hybridized carbons (Fsp3) is 0.667. The van der Waals surface area contributed by atoms with Crippen molar-refractivity contribution in [2.75, 3.05) is 0 Å². The van der Waals surface area contributed by atoms with E-state index in [0.29, 0.717) is 11.8 Å². The molecule has 0 saturated carbocycles. The van der Waals surface area contributed by atoms with E-state index in [2.05, 4.69) is 37.7 Å². The molecule has 2 nitrogen and oxygen atoms in total. The molecule has 0 spiro atoms. The summed E-state index contributed by atoms with van der Waals surface area (Å²) in [5.41, 5.74) is 1.22. The van der Waals surface area contributed by atoms with Crippen LogP contribution in [0.1, 0.15) is 63.8 Å². The fourth-order valence-corrected chi connectivity index (χ4v) is 1.46. The lowest BCUT2D eigenvalue weighted by molar-refractivity contribution is 0.623. The Hall–Kier alpha value is -0.920. The Morgan fingerprint density at radius 2 is 1.71 bits per heavy atom. The monoisotopic (exact) mass is 192 g/mol. The third-order valence-electron chi connectivity index (χ3n) is 2.52. The first kappa shape index (κ1) is 11.2. The van der Waals surface area contributed by atoms with Crippen molar-refractivity contribution < 1.29 is 0 Å². The quantitative estimate of drug-likeness (QED) is 0.729. The maximum Gasteiger partial charge on any atom is 0.131 e. The van der Waals surface area contributed by atoms with E-state index in [1.54, 1.807) is 0 Å². The fourth-order valence-electron chi connectivity index (χ4n) is 1.46. The zero-order valence-corrected chi connectivity index (χ0v) is 9.62. The summed E-state index contributed by atoms with van der Waals surface area (Å²) in [4.78, 5) is 8.81. The van der Waals surface area contributed by atoms with Crippen LogP contribution in [0.3, 0.4) is 0 Å². The van der Waals surface area contributed by atoms with Gasteiger partial charge in [0.2, 0.25) is 0 Å². The highest BCUT2D eigenvalue weighted by Crippen LogP contribution is 2.18. The molecule has 1 heterocycles. The molecule has 14 heavy (non-hydrogen) atoms. The predicted octanol–water partition coefficient (Wildman–Crippen LogP) is 3.50. The standard InChI is InChI=1S/C12H20N2/c1-5-6-10(4)12-13-7-11(8-14-12)9(2)3/h7-10H,5-6H2,1-4H3. The molecule has 0 saturated heterocycles. The Labute approximate surface area is 86.8 Å². The van der Waals surface area contributed by atoms with E-state index in [-0.39, 0.29) is 0 Å². The molecular formula is C12H20N2. The van der Waals surface area contributed by atoms with Crippen LogP contribution in [0.5, 0.6) is 0 Å². The van der Waals surface area contributed by atoms with E-state index in [1.165, 1.54) is 18.4 Å². The van der Waals surface area contributed by atoms with Crippen LogP contribution >= 0.6 is 0 Å². The zero-order chi connectivity index (χ0) is 10.6. The molecule has 1 aromatic rings. The van der Waals surface area contributed by atoms with Crippen LogP contribution in [0.2, 0.25) is 0 Å². The van der Waals surface area contributed by atoms with Gasteiger partial charge in [0.25, 0.3) is 0 Å². The number of aromatic nitrogens is 2. The molecule has 1 aromatic heterocycles. The van der Waals surface area contributed by atoms with Crippen LogP contribution in [-0.2, 0) is 0 Å². The van der Waals surface area contributed by atoms with Gasteiger partial charge >= 0.3 is 0 Å². The molecular weight excluding hydrogens is 172 g/mol. The predicted molar refractivity (Wildman–Crippen MR) is 59.4 cm³/mol. The van der Waals surface area contributed by atoms with Gasteiger partial charge in [0.15, 0.2) is 0 Å². The first-order chi connectivity index (χ1) is 6.65. The maximum absolute atomic E-state index is 4.41. The number of nitrogens with zero attached hydrogens (tertiary/aromatic N) is 2. The summed E-state index contributed by atoms with van der Waals surface area (Å²) in [6.45, 7) is 8.70. The van der Waals surface area contributed by atoms with Crippen molar-refractivity contribution in [3.8, 4) is 0 Å². The minimum absolute atomic E-state index is 0.487. The van der Waals surface area contributed by atoms with E-state index in [0.717, 1.165) is 5.82 Å². The molecule has 1 rings (SSSR count). The van der Waals surface area contributed by atoms with Gasteiger partial charge in [0, 0.05) is 18.3 Å². The third-order valence-corrected chi connectivity index (χ3v) is 2.52. The SMILES string of the molecule is CCCC(C)c1ncc(C(C)C)cn1. The number of hydrogen-bond acceptors (Lipinski definition) is 2. The summed E-state index contributed by atoms with van der Waals surface area (Å²) >= 11 is 0. The van der Waals surface area contributed by atoms with E-state index in [9.17, 15) is 0 Å². The molecule has 0 fully saturated rings. The van der Waals surface area contributed by atoms with Gasteiger partial charge in [-0.25, -0.2) is 9.97 Å². The zero-order valence-electron chi connectivity index (χ0n) is 9.62. The van der Waals surface area contributed by atoms with Crippen molar-refractivity contribution in [1.82, 2.24) is 9.97 Å². The summed E-state index contributed by atoms with van der Waals surface area (Å²) in [6.07, 6.45) is 6.27. The molecule has 0 N–H and O–H groups in total. The summed E-state index contributed by atoms with van der Waals surface area (Å²) in [7, 11) is 0. The van der Waals surface area contributed by atoms with Gasteiger partial charge in [-0.3, -0.25) is 0 Å². The van der Waals surface area contributed by atoms with Gasteiger partial charge in [0.1, 0.15) is 5.82 Å². The van der Waals surface area contributed by atoms with Crippen molar-refractivity contribution in [2.45, 2.75) is 52.4 Å². The van der Waals surface area contributed by atoms with Crippen molar-refractivity contribution in [3.05, 3.63) is 23.8 Å². The Bertz CT molecular complexity index is 264. The van der Waals surface area contributed by atoms with Crippen LogP contribution < -0.4 is 0 Å². The summed E-state index contributed by atoms with van der Waals surface area (Å²) in [5.74, 6) is 1.99. The van der Waals surface area contributed by atoms with Crippen molar-refractivity contribution >= 4 is 0 Å². The van der Waals surface area contributed by atoms with Gasteiger partial charge in [-0.05, 0) is 17.9 Å². The molecule has 0 amide bonds. The largest absolute Gasteiger partial charge is 0.241 e. The summed E-state index contributed by atoms with van der Waals surface area (Å²) in [5, 5.41) is 0. The van der Waals surface area contributed by atoms with Crippen molar-refractivity contribution in [1.29, 1.82) is 0 Å². The van der Waals surface area contributed by atoms with Gasteiger partial charge in [-0.2, -0.15) is 0 Å². The average molecular weight is 192 g/mol. The Morgan fingerprint density at radius 1 is 1.14 bits per heavy atom. The number of rotatable bonds is 4. The van der Waals surface area contributed by atoms with Gasteiger partial charge < -0.3 is 0 Å². The van der Waals surface area contributed by atoms with Crippen LogP contribution in [0.25, 0.3) is 0 Å². The van der Waals surface area contributed by atoms with Crippen LogP contribution in [-0.4, -0.2) is 9.97 Å². The van der Waals surface area contributed by atoms with Crippen LogP contribution in [0.15, 0.2) is 12.4 Å². The molecule has 78 valence electrons. The highest BCUT2D eigenvalue weighted by molar-refractivity contribution is 5.10. The van der Waals surface area contributed by atoms with Crippen LogP contribution in [0, 0.1) is 0 Å². The van der Waals surface area contributed by atoms with Gasteiger partial charge in [-0.1, -0.05) is 34.1 Å². The molecule has 0 aromatic carbocycles. The van der Waals surface area contributed by atoms with Gasteiger partial charge in [0.05, 0.1) is 0 Å². The second kappa shape index (κ2) is 5.08. The second-order valence-electron chi connectivity index (χ2n) is 4.22. The first-order valence-electron chi connectivity index (χ1n) is 5.47. The highest BCUT2D eigenvalue weighted by Gasteiger charge is 2.07. The van der Waals surface area contributed by atoms with Crippen LogP contribution in [0.4, 0.5) is 0 Å². The topological polar surface area (TPSA) is 25.8 Å². The summed E-state index contributed by atoms with van der Waals surface area (Å²) < 4.78 is 0. The Morgan fingerprint density at radius 3 is 2.14 bits per heavy atom. The molecule has 1 unspecified atom stereocenters. The maximum atomic E-state index is 4.41. The van der Waals surface area contributed by atoms with E-state index in [4.69, 9.17) is 0 Å². The van der Waals surface area contributed by atoms with E-state index < -0.39 is 0 Å².